The number of nitrogens with two attached hydrogens (primary N) is 1. The van der Waals surface area contributed by atoms with Gasteiger partial charge in [-0.15, -0.1) is 0 Å². The Morgan fingerprint density at radius 1 is 1.00 bits per heavy atom. The SMILES string of the molecule is CC(C)(C)C1CCCN(C2(CN)CCCCC2)CC1. The van der Waals surface area contributed by atoms with Crippen molar-refractivity contribution in [2.24, 2.45) is 17.1 Å². The third-order valence-electron chi connectivity index (χ3n) is 5.79. The molecule has 1 unspecified atom stereocenters. The number of nitrogens with zero attached hydrogens (tertiary/aromatic N) is 1. The van der Waals surface area contributed by atoms with Crippen molar-refractivity contribution in [2.75, 3.05) is 19.6 Å². The average molecular weight is 266 g/mol. The number of rotatable bonds is 2. The Balaban J connectivity index is 2.01. The van der Waals surface area contributed by atoms with Gasteiger partial charge in [-0.25, -0.2) is 0 Å². The fourth-order valence-corrected chi connectivity index (χ4v) is 4.30. The predicted molar refractivity (Wildman–Crippen MR) is 83.2 cm³/mol. The Morgan fingerprint density at radius 2 is 1.68 bits per heavy atom. The molecule has 0 radical (unpaired) electrons. The lowest BCUT2D eigenvalue weighted by Crippen LogP contribution is -2.55. The molecule has 2 rings (SSSR count). The molecule has 1 heterocycles. The Kier molecular flexibility index (Phi) is 4.94. The topological polar surface area (TPSA) is 29.3 Å². The van der Waals surface area contributed by atoms with Gasteiger partial charge in [-0.3, -0.25) is 4.90 Å². The largest absolute Gasteiger partial charge is 0.329 e. The second-order valence-electron chi connectivity index (χ2n) is 7.97. The van der Waals surface area contributed by atoms with Gasteiger partial charge in [-0.1, -0.05) is 40.0 Å². The van der Waals surface area contributed by atoms with E-state index in [-0.39, 0.29) is 0 Å². The van der Waals surface area contributed by atoms with E-state index in [4.69, 9.17) is 5.73 Å². The predicted octanol–water partition coefficient (Wildman–Crippen LogP) is 3.80. The van der Waals surface area contributed by atoms with Crippen molar-refractivity contribution >= 4 is 0 Å². The molecular formula is C17H34N2. The summed E-state index contributed by atoms with van der Waals surface area (Å²) in [7, 11) is 0. The first-order valence-corrected chi connectivity index (χ1v) is 8.43. The first-order chi connectivity index (χ1) is 8.98. The third kappa shape index (κ3) is 3.52. The van der Waals surface area contributed by atoms with E-state index in [1.165, 1.54) is 64.5 Å². The smallest absolute Gasteiger partial charge is 0.0331 e. The summed E-state index contributed by atoms with van der Waals surface area (Å²) < 4.78 is 0. The Labute approximate surface area is 120 Å². The number of likely N-dealkylation sites (tertiary alicyclic amines) is 1. The fraction of sp³-hybridized carbons (Fsp3) is 1.00. The minimum atomic E-state index is 0.352. The summed E-state index contributed by atoms with van der Waals surface area (Å²) in [6.45, 7) is 10.7. The molecule has 0 aromatic carbocycles. The molecular weight excluding hydrogens is 232 g/mol. The molecule has 1 saturated heterocycles. The van der Waals surface area contributed by atoms with Crippen LogP contribution in [0.5, 0.6) is 0 Å². The first kappa shape index (κ1) is 15.3. The molecule has 2 heteroatoms. The molecule has 0 spiro atoms. The zero-order chi connectivity index (χ0) is 13.9. The lowest BCUT2D eigenvalue weighted by molar-refractivity contribution is 0.0572. The highest BCUT2D eigenvalue weighted by Crippen LogP contribution is 2.38. The number of hydrogen-bond donors (Lipinski definition) is 1. The molecule has 2 fully saturated rings. The van der Waals surface area contributed by atoms with Gasteiger partial charge < -0.3 is 5.73 Å². The maximum Gasteiger partial charge on any atom is 0.0331 e. The maximum absolute atomic E-state index is 6.20. The maximum atomic E-state index is 6.20. The Bertz CT molecular complexity index is 273. The standard InChI is InChI=1S/C17H34N2/c1-16(2,3)15-8-7-12-19(13-9-15)17(14-18)10-5-4-6-11-17/h15H,4-14,18H2,1-3H3. The van der Waals surface area contributed by atoms with Crippen LogP contribution in [0.3, 0.4) is 0 Å². The van der Waals surface area contributed by atoms with Crippen LogP contribution in [-0.4, -0.2) is 30.1 Å². The highest BCUT2D eigenvalue weighted by Gasteiger charge is 2.38. The van der Waals surface area contributed by atoms with E-state index in [1.54, 1.807) is 0 Å². The van der Waals surface area contributed by atoms with Crippen LogP contribution in [0, 0.1) is 11.3 Å². The molecule has 1 aliphatic heterocycles. The molecule has 1 saturated carbocycles. The van der Waals surface area contributed by atoms with Crippen LogP contribution in [0.4, 0.5) is 0 Å². The van der Waals surface area contributed by atoms with Gasteiger partial charge in [0.25, 0.3) is 0 Å². The summed E-state index contributed by atoms with van der Waals surface area (Å²) in [4.78, 5) is 2.78. The highest BCUT2D eigenvalue weighted by atomic mass is 15.2. The van der Waals surface area contributed by atoms with Crippen LogP contribution in [0.1, 0.15) is 72.1 Å². The fourth-order valence-electron chi connectivity index (χ4n) is 4.30. The van der Waals surface area contributed by atoms with Gasteiger partial charge in [0, 0.05) is 12.1 Å². The lowest BCUT2D eigenvalue weighted by atomic mass is 9.76. The minimum absolute atomic E-state index is 0.352. The average Bonchev–Trinajstić information content (AvgIpc) is 2.65. The molecule has 2 N–H and O–H groups in total. The molecule has 2 aliphatic rings. The Morgan fingerprint density at radius 3 is 2.26 bits per heavy atom. The summed E-state index contributed by atoms with van der Waals surface area (Å²) in [6.07, 6.45) is 11.0. The van der Waals surface area contributed by atoms with E-state index < -0.39 is 0 Å². The first-order valence-electron chi connectivity index (χ1n) is 8.43. The normalized spacial score (nSPS) is 30.0. The zero-order valence-electron chi connectivity index (χ0n) is 13.4. The van der Waals surface area contributed by atoms with E-state index >= 15 is 0 Å². The van der Waals surface area contributed by atoms with Crippen molar-refractivity contribution in [3.05, 3.63) is 0 Å². The van der Waals surface area contributed by atoms with Gasteiger partial charge in [-0.05, 0) is 56.5 Å². The van der Waals surface area contributed by atoms with Crippen LogP contribution >= 0.6 is 0 Å². The van der Waals surface area contributed by atoms with Gasteiger partial charge in [0.05, 0.1) is 0 Å². The second-order valence-corrected chi connectivity index (χ2v) is 7.97. The van der Waals surface area contributed by atoms with Crippen LogP contribution in [0.25, 0.3) is 0 Å². The summed E-state index contributed by atoms with van der Waals surface area (Å²) in [6, 6.07) is 0. The van der Waals surface area contributed by atoms with Crippen molar-refractivity contribution in [1.29, 1.82) is 0 Å². The van der Waals surface area contributed by atoms with Crippen LogP contribution in [-0.2, 0) is 0 Å². The van der Waals surface area contributed by atoms with Gasteiger partial charge >= 0.3 is 0 Å². The Hall–Kier alpha value is -0.0800. The molecule has 1 aliphatic carbocycles. The van der Waals surface area contributed by atoms with Gasteiger partial charge in [0.2, 0.25) is 0 Å². The molecule has 0 bridgehead atoms. The third-order valence-corrected chi connectivity index (χ3v) is 5.79. The highest BCUT2D eigenvalue weighted by molar-refractivity contribution is 4.95. The summed E-state index contributed by atoms with van der Waals surface area (Å²) in [5.74, 6) is 0.885. The van der Waals surface area contributed by atoms with Crippen LogP contribution < -0.4 is 5.73 Å². The summed E-state index contributed by atoms with van der Waals surface area (Å²) >= 11 is 0. The van der Waals surface area contributed by atoms with Gasteiger partial charge in [0.1, 0.15) is 0 Å². The van der Waals surface area contributed by atoms with E-state index in [0.29, 0.717) is 11.0 Å². The van der Waals surface area contributed by atoms with E-state index in [1.807, 2.05) is 0 Å². The second kappa shape index (κ2) is 6.13. The van der Waals surface area contributed by atoms with Crippen molar-refractivity contribution in [3.63, 3.8) is 0 Å². The van der Waals surface area contributed by atoms with Crippen LogP contribution in [0.15, 0.2) is 0 Å². The van der Waals surface area contributed by atoms with Crippen LogP contribution in [0.2, 0.25) is 0 Å². The summed E-state index contributed by atoms with van der Waals surface area (Å²) in [5, 5.41) is 0. The molecule has 112 valence electrons. The molecule has 1 atom stereocenters. The lowest BCUT2D eigenvalue weighted by Gasteiger charge is -2.46. The quantitative estimate of drug-likeness (QED) is 0.824. The monoisotopic (exact) mass is 266 g/mol. The van der Waals surface area contributed by atoms with Gasteiger partial charge in [0.15, 0.2) is 0 Å². The molecule has 19 heavy (non-hydrogen) atoms. The molecule has 2 nitrogen and oxygen atoms in total. The van der Waals surface area contributed by atoms with Crippen molar-refractivity contribution in [2.45, 2.75) is 77.7 Å². The van der Waals surface area contributed by atoms with Crippen molar-refractivity contribution in [1.82, 2.24) is 4.90 Å². The number of hydrogen-bond acceptors (Lipinski definition) is 2. The van der Waals surface area contributed by atoms with Crippen molar-refractivity contribution < 1.29 is 0 Å². The van der Waals surface area contributed by atoms with Crippen molar-refractivity contribution in [3.8, 4) is 0 Å². The molecule has 0 aromatic heterocycles. The molecule has 0 amide bonds. The minimum Gasteiger partial charge on any atom is -0.329 e. The van der Waals surface area contributed by atoms with E-state index in [0.717, 1.165) is 12.5 Å². The van der Waals surface area contributed by atoms with E-state index in [9.17, 15) is 0 Å². The zero-order valence-corrected chi connectivity index (χ0v) is 13.4. The van der Waals surface area contributed by atoms with E-state index in [2.05, 4.69) is 25.7 Å². The van der Waals surface area contributed by atoms with Gasteiger partial charge in [-0.2, -0.15) is 0 Å². The summed E-state index contributed by atoms with van der Waals surface area (Å²) in [5.41, 5.74) is 7.02. The molecule has 0 aromatic rings.